The average molecular weight is 335 g/mol. The zero-order valence-electron chi connectivity index (χ0n) is 11.2. The molecule has 8 heteroatoms. The van der Waals surface area contributed by atoms with Crippen molar-refractivity contribution in [2.24, 2.45) is 5.92 Å². The van der Waals surface area contributed by atoms with Crippen LogP contribution in [0.4, 0.5) is 10.1 Å². The quantitative estimate of drug-likeness (QED) is 0.824. The second-order valence-corrected chi connectivity index (χ2v) is 7.58. The van der Waals surface area contributed by atoms with Gasteiger partial charge in [0, 0.05) is 6.61 Å². The van der Waals surface area contributed by atoms with Gasteiger partial charge in [0.2, 0.25) is 10.0 Å². The summed E-state index contributed by atoms with van der Waals surface area (Å²) in [5.41, 5.74) is 5.18. The third-order valence-corrected chi connectivity index (χ3v) is 5.82. The maximum absolute atomic E-state index is 13.3. The van der Waals surface area contributed by atoms with Crippen molar-refractivity contribution in [3.8, 4) is 0 Å². The summed E-state index contributed by atoms with van der Waals surface area (Å²) in [5, 5.41) is -0.184. The average Bonchev–Trinajstić information content (AvgIpc) is 3.14. The van der Waals surface area contributed by atoms with E-state index in [9.17, 15) is 12.8 Å². The Bertz CT molecular complexity index is 664. The first kappa shape index (κ1) is 15.0. The molecule has 2 unspecified atom stereocenters. The second kappa shape index (κ2) is 5.39. The van der Waals surface area contributed by atoms with Crippen molar-refractivity contribution in [2.75, 3.05) is 12.3 Å². The van der Waals surface area contributed by atoms with E-state index in [2.05, 4.69) is 4.72 Å². The molecule has 3 N–H and O–H groups in total. The molecule has 1 aromatic rings. The Labute approximate surface area is 127 Å². The molecule has 0 aromatic heterocycles. The lowest BCUT2D eigenvalue weighted by Crippen LogP contribution is -2.41. The fourth-order valence-electron chi connectivity index (χ4n) is 2.64. The van der Waals surface area contributed by atoms with Crippen molar-refractivity contribution in [2.45, 2.75) is 36.3 Å². The molecular weight excluding hydrogens is 319 g/mol. The first-order valence-electron chi connectivity index (χ1n) is 6.77. The lowest BCUT2D eigenvalue weighted by molar-refractivity contribution is 0.0848. The van der Waals surface area contributed by atoms with E-state index in [1.165, 1.54) is 0 Å². The van der Waals surface area contributed by atoms with Gasteiger partial charge in [0.05, 0.1) is 22.9 Å². The maximum atomic E-state index is 13.3. The zero-order valence-corrected chi connectivity index (χ0v) is 12.8. The summed E-state index contributed by atoms with van der Waals surface area (Å²) in [4.78, 5) is -0.204. The highest BCUT2D eigenvalue weighted by Gasteiger charge is 2.42. The van der Waals surface area contributed by atoms with Gasteiger partial charge in [-0.3, -0.25) is 0 Å². The van der Waals surface area contributed by atoms with E-state index in [4.69, 9.17) is 22.1 Å². The van der Waals surface area contributed by atoms with E-state index in [-0.39, 0.29) is 27.8 Å². The van der Waals surface area contributed by atoms with Crippen LogP contribution in [0.15, 0.2) is 17.0 Å². The molecule has 116 valence electrons. The monoisotopic (exact) mass is 334 g/mol. The first-order valence-corrected chi connectivity index (χ1v) is 8.63. The predicted octanol–water partition coefficient (Wildman–Crippen LogP) is 1.91. The topological polar surface area (TPSA) is 81.4 Å². The minimum Gasteiger partial charge on any atom is -0.396 e. The van der Waals surface area contributed by atoms with Gasteiger partial charge in [-0.2, -0.15) is 0 Å². The second-order valence-electron chi connectivity index (χ2n) is 5.49. The van der Waals surface area contributed by atoms with Gasteiger partial charge >= 0.3 is 0 Å². The highest BCUT2D eigenvalue weighted by Crippen LogP contribution is 2.39. The van der Waals surface area contributed by atoms with Crippen LogP contribution in [0.5, 0.6) is 0 Å². The number of ether oxygens (including phenoxy) is 1. The van der Waals surface area contributed by atoms with Gasteiger partial charge in [-0.15, -0.1) is 0 Å². The van der Waals surface area contributed by atoms with Crippen LogP contribution in [-0.4, -0.2) is 27.2 Å². The molecule has 0 bridgehead atoms. The largest absolute Gasteiger partial charge is 0.396 e. The Morgan fingerprint density at radius 3 is 2.71 bits per heavy atom. The normalized spacial score (nSPS) is 26.2. The number of benzene rings is 1. The highest BCUT2D eigenvalue weighted by atomic mass is 35.5. The highest BCUT2D eigenvalue weighted by molar-refractivity contribution is 7.89. The van der Waals surface area contributed by atoms with Crippen molar-refractivity contribution < 1.29 is 17.5 Å². The lowest BCUT2D eigenvalue weighted by atomic mass is 10.1. The number of nitrogens with two attached hydrogens (primary N) is 1. The maximum Gasteiger partial charge on any atom is 0.242 e. The summed E-state index contributed by atoms with van der Waals surface area (Å²) >= 11 is 5.84. The minimum absolute atomic E-state index is 0.0867. The molecule has 1 saturated carbocycles. The third-order valence-electron chi connectivity index (χ3n) is 3.87. The number of sulfonamides is 1. The van der Waals surface area contributed by atoms with E-state index >= 15 is 0 Å². The van der Waals surface area contributed by atoms with Crippen LogP contribution < -0.4 is 10.5 Å². The van der Waals surface area contributed by atoms with E-state index in [0.717, 1.165) is 25.0 Å². The van der Waals surface area contributed by atoms with Gasteiger partial charge in [0.25, 0.3) is 0 Å². The predicted molar refractivity (Wildman–Crippen MR) is 77.0 cm³/mol. The van der Waals surface area contributed by atoms with Gasteiger partial charge in [-0.05, 0) is 37.3 Å². The molecule has 1 aromatic carbocycles. The van der Waals surface area contributed by atoms with Crippen LogP contribution in [0.25, 0.3) is 0 Å². The van der Waals surface area contributed by atoms with E-state index < -0.39 is 15.8 Å². The third kappa shape index (κ3) is 3.01. The number of rotatable bonds is 4. The van der Waals surface area contributed by atoms with Crippen LogP contribution in [0.3, 0.4) is 0 Å². The number of anilines is 1. The molecule has 2 fully saturated rings. The fourth-order valence-corrected chi connectivity index (χ4v) is 4.47. The van der Waals surface area contributed by atoms with Crippen LogP contribution in [0, 0.1) is 11.7 Å². The summed E-state index contributed by atoms with van der Waals surface area (Å²) in [7, 11) is -3.86. The SMILES string of the molecule is Nc1cc(S(=O)(=O)NC2CCOC2C2CC2)c(Cl)cc1F. The zero-order chi connectivity index (χ0) is 15.2. The Morgan fingerprint density at radius 2 is 2.05 bits per heavy atom. The Balaban J connectivity index is 1.85. The van der Waals surface area contributed by atoms with E-state index in [1.54, 1.807) is 0 Å². The lowest BCUT2D eigenvalue weighted by Gasteiger charge is -2.20. The smallest absolute Gasteiger partial charge is 0.242 e. The molecule has 1 saturated heterocycles. The molecule has 1 aliphatic carbocycles. The molecule has 2 atom stereocenters. The van der Waals surface area contributed by atoms with Crippen LogP contribution in [0.2, 0.25) is 5.02 Å². The Morgan fingerprint density at radius 1 is 1.33 bits per heavy atom. The van der Waals surface area contributed by atoms with Crippen molar-refractivity contribution >= 4 is 27.3 Å². The van der Waals surface area contributed by atoms with Crippen molar-refractivity contribution in [1.82, 2.24) is 4.72 Å². The fraction of sp³-hybridized carbons (Fsp3) is 0.538. The van der Waals surface area contributed by atoms with Gasteiger partial charge in [-0.25, -0.2) is 17.5 Å². The van der Waals surface area contributed by atoms with Gasteiger partial charge < -0.3 is 10.5 Å². The van der Waals surface area contributed by atoms with Crippen LogP contribution in [-0.2, 0) is 14.8 Å². The number of hydrogen-bond donors (Lipinski definition) is 2. The number of nitrogens with one attached hydrogen (secondary N) is 1. The molecule has 1 aliphatic heterocycles. The van der Waals surface area contributed by atoms with Crippen molar-refractivity contribution in [3.05, 3.63) is 23.0 Å². The molecule has 1 heterocycles. The standard InChI is InChI=1S/C13H16ClFN2O3S/c14-8-5-9(15)10(16)6-12(8)21(18,19)17-11-3-4-20-13(11)7-1-2-7/h5-7,11,13,17H,1-4,16H2. The summed E-state index contributed by atoms with van der Waals surface area (Å²) < 4.78 is 46.4. The number of halogens is 2. The molecule has 21 heavy (non-hydrogen) atoms. The summed E-state index contributed by atoms with van der Waals surface area (Å²) in [6.45, 7) is 0.535. The van der Waals surface area contributed by atoms with Crippen LogP contribution in [0.1, 0.15) is 19.3 Å². The molecule has 3 rings (SSSR count). The summed E-state index contributed by atoms with van der Waals surface area (Å²) in [6, 6.07) is 1.68. The molecule has 0 amide bonds. The van der Waals surface area contributed by atoms with Crippen molar-refractivity contribution in [1.29, 1.82) is 0 Å². The van der Waals surface area contributed by atoms with Crippen LogP contribution >= 0.6 is 11.6 Å². The molecule has 0 spiro atoms. The molecular formula is C13H16ClFN2O3S. The summed E-state index contributed by atoms with van der Waals surface area (Å²) in [6.07, 6.45) is 2.66. The number of hydrogen-bond acceptors (Lipinski definition) is 4. The Kier molecular flexibility index (Phi) is 3.85. The van der Waals surface area contributed by atoms with E-state index in [1.807, 2.05) is 0 Å². The Hall–Kier alpha value is -0.890. The molecule has 0 radical (unpaired) electrons. The van der Waals surface area contributed by atoms with Crippen molar-refractivity contribution in [3.63, 3.8) is 0 Å². The minimum atomic E-state index is -3.86. The van der Waals surface area contributed by atoms with Gasteiger partial charge in [-0.1, -0.05) is 11.6 Å². The number of nitrogen functional groups attached to an aromatic ring is 1. The van der Waals surface area contributed by atoms with E-state index in [0.29, 0.717) is 18.9 Å². The van der Waals surface area contributed by atoms with Gasteiger partial charge in [0.15, 0.2) is 0 Å². The first-order chi connectivity index (χ1) is 9.88. The molecule has 2 aliphatic rings. The molecule has 5 nitrogen and oxygen atoms in total. The van der Waals surface area contributed by atoms with Gasteiger partial charge in [0.1, 0.15) is 10.7 Å². The summed E-state index contributed by atoms with van der Waals surface area (Å²) in [5.74, 6) is -0.312.